The zero-order valence-electron chi connectivity index (χ0n) is 15.6. The summed E-state index contributed by atoms with van der Waals surface area (Å²) in [4.78, 5) is 13.1. The quantitative estimate of drug-likeness (QED) is 0.507. The fourth-order valence-electron chi connectivity index (χ4n) is 3.93. The van der Waals surface area contributed by atoms with Gasteiger partial charge in [-0.2, -0.15) is 0 Å². The largest absolute Gasteiger partial charge is 0.461 e. The van der Waals surface area contributed by atoms with Gasteiger partial charge < -0.3 is 4.74 Å². The third-order valence-electron chi connectivity index (χ3n) is 5.63. The standard InChI is InChI=1S/C22H32O2/c1-6-14-22(5,18-10-8-7-9-11-18)21(23)24-20-15-17(4)12-13-19(20)16(2)3/h6-11,16-17,19-20H,1,12-15H2,2-5H3/t17-,19+,20-,22+/m1/s1. The number of rotatable bonds is 6. The van der Waals surface area contributed by atoms with E-state index in [1.54, 1.807) is 0 Å². The summed E-state index contributed by atoms with van der Waals surface area (Å²) in [6.07, 6.45) is 5.81. The molecule has 1 aliphatic carbocycles. The summed E-state index contributed by atoms with van der Waals surface area (Å²) in [6.45, 7) is 12.6. The van der Waals surface area contributed by atoms with Crippen LogP contribution in [0, 0.1) is 17.8 Å². The Morgan fingerprint density at radius 3 is 2.58 bits per heavy atom. The molecule has 24 heavy (non-hydrogen) atoms. The molecule has 132 valence electrons. The molecule has 1 aromatic rings. The average molecular weight is 328 g/mol. The minimum Gasteiger partial charge on any atom is -0.461 e. The molecule has 2 rings (SSSR count). The lowest BCUT2D eigenvalue weighted by molar-refractivity contribution is -0.162. The summed E-state index contributed by atoms with van der Waals surface area (Å²) in [5.74, 6) is 1.52. The van der Waals surface area contributed by atoms with Crippen molar-refractivity contribution in [3.8, 4) is 0 Å². The van der Waals surface area contributed by atoms with Crippen molar-refractivity contribution in [1.29, 1.82) is 0 Å². The molecule has 2 heteroatoms. The van der Waals surface area contributed by atoms with E-state index in [4.69, 9.17) is 4.74 Å². The van der Waals surface area contributed by atoms with Gasteiger partial charge in [-0.05, 0) is 49.5 Å². The van der Waals surface area contributed by atoms with Gasteiger partial charge >= 0.3 is 5.97 Å². The van der Waals surface area contributed by atoms with E-state index in [1.807, 2.05) is 43.3 Å². The molecular weight excluding hydrogens is 296 g/mol. The van der Waals surface area contributed by atoms with E-state index in [1.165, 1.54) is 6.42 Å². The Morgan fingerprint density at radius 2 is 2.00 bits per heavy atom. The minimum absolute atomic E-state index is 0.0362. The third kappa shape index (κ3) is 4.09. The Balaban J connectivity index is 2.22. The molecule has 2 nitrogen and oxygen atoms in total. The third-order valence-corrected chi connectivity index (χ3v) is 5.63. The molecule has 0 aliphatic heterocycles. The van der Waals surface area contributed by atoms with Crippen LogP contribution in [0.3, 0.4) is 0 Å². The van der Waals surface area contributed by atoms with E-state index in [2.05, 4.69) is 27.4 Å². The summed E-state index contributed by atoms with van der Waals surface area (Å²) in [5, 5.41) is 0. The van der Waals surface area contributed by atoms with Crippen molar-refractivity contribution in [2.45, 2.75) is 64.9 Å². The first-order chi connectivity index (χ1) is 11.4. The van der Waals surface area contributed by atoms with Crippen LogP contribution in [0.15, 0.2) is 43.0 Å². The molecule has 4 atom stereocenters. The molecular formula is C22H32O2. The molecule has 0 N–H and O–H groups in total. The van der Waals surface area contributed by atoms with Crippen LogP contribution < -0.4 is 0 Å². The number of hydrogen-bond acceptors (Lipinski definition) is 2. The summed E-state index contributed by atoms with van der Waals surface area (Å²) in [6, 6.07) is 9.94. The first-order valence-electron chi connectivity index (χ1n) is 9.26. The van der Waals surface area contributed by atoms with E-state index in [0.717, 1.165) is 18.4 Å². The SMILES string of the molecule is C=CC[C@](C)(C(=O)O[C@@H]1C[C@H](C)CC[C@H]1C(C)C)c1ccccc1. The second kappa shape index (κ2) is 8.00. The normalized spacial score (nSPS) is 26.6. The first-order valence-corrected chi connectivity index (χ1v) is 9.26. The monoisotopic (exact) mass is 328 g/mol. The molecule has 1 aliphatic rings. The van der Waals surface area contributed by atoms with Crippen LogP contribution in [0.5, 0.6) is 0 Å². The number of hydrogen-bond donors (Lipinski definition) is 0. The number of esters is 1. The highest BCUT2D eigenvalue weighted by atomic mass is 16.5. The Kier molecular flexibility index (Phi) is 6.26. The lowest BCUT2D eigenvalue weighted by Crippen LogP contribution is -2.42. The molecule has 0 unspecified atom stereocenters. The van der Waals surface area contributed by atoms with E-state index in [9.17, 15) is 4.79 Å². The van der Waals surface area contributed by atoms with Gasteiger partial charge in [-0.3, -0.25) is 4.79 Å². The lowest BCUT2D eigenvalue weighted by Gasteiger charge is -2.39. The van der Waals surface area contributed by atoms with Crippen molar-refractivity contribution < 1.29 is 9.53 Å². The van der Waals surface area contributed by atoms with Gasteiger partial charge in [0.2, 0.25) is 0 Å². The van der Waals surface area contributed by atoms with Gasteiger partial charge in [0, 0.05) is 0 Å². The van der Waals surface area contributed by atoms with Crippen LogP contribution in [0.1, 0.15) is 58.9 Å². The molecule has 0 aromatic heterocycles. The predicted molar refractivity (Wildman–Crippen MR) is 99.8 cm³/mol. The number of carbonyl (C=O) groups excluding carboxylic acids is 1. The molecule has 0 saturated heterocycles. The van der Waals surface area contributed by atoms with Crippen LogP contribution >= 0.6 is 0 Å². The fraction of sp³-hybridized carbons (Fsp3) is 0.591. The maximum absolute atomic E-state index is 13.1. The van der Waals surface area contributed by atoms with Gasteiger partial charge in [0.25, 0.3) is 0 Å². The molecule has 0 amide bonds. The Hall–Kier alpha value is -1.57. The van der Waals surface area contributed by atoms with Gasteiger partial charge in [0.1, 0.15) is 6.10 Å². The number of allylic oxidation sites excluding steroid dienone is 1. The van der Waals surface area contributed by atoms with E-state index in [-0.39, 0.29) is 12.1 Å². The Morgan fingerprint density at radius 1 is 1.33 bits per heavy atom. The minimum atomic E-state index is -0.661. The van der Waals surface area contributed by atoms with Gasteiger partial charge in [0.05, 0.1) is 5.41 Å². The molecule has 1 fully saturated rings. The highest BCUT2D eigenvalue weighted by Gasteiger charge is 2.40. The molecule has 0 spiro atoms. The van der Waals surface area contributed by atoms with Crippen molar-refractivity contribution in [3.63, 3.8) is 0 Å². The van der Waals surface area contributed by atoms with Gasteiger partial charge in [0.15, 0.2) is 0 Å². The predicted octanol–water partition coefficient (Wildman–Crippen LogP) is 5.52. The van der Waals surface area contributed by atoms with Crippen molar-refractivity contribution in [3.05, 3.63) is 48.6 Å². The average Bonchev–Trinajstić information content (AvgIpc) is 2.55. The lowest BCUT2D eigenvalue weighted by atomic mass is 9.75. The highest BCUT2D eigenvalue weighted by Crippen LogP contribution is 2.38. The highest BCUT2D eigenvalue weighted by molar-refractivity contribution is 5.83. The summed E-state index contributed by atoms with van der Waals surface area (Å²) >= 11 is 0. The van der Waals surface area contributed by atoms with Crippen molar-refractivity contribution in [2.75, 3.05) is 0 Å². The smallest absolute Gasteiger partial charge is 0.316 e. The molecule has 1 saturated carbocycles. The van der Waals surface area contributed by atoms with Crippen LogP contribution in [0.4, 0.5) is 0 Å². The number of ether oxygens (including phenoxy) is 1. The Bertz CT molecular complexity index is 548. The van der Waals surface area contributed by atoms with Crippen LogP contribution in [-0.4, -0.2) is 12.1 Å². The van der Waals surface area contributed by atoms with Crippen molar-refractivity contribution in [1.82, 2.24) is 0 Å². The van der Waals surface area contributed by atoms with Gasteiger partial charge in [-0.25, -0.2) is 0 Å². The number of benzene rings is 1. The second-order valence-corrected chi connectivity index (χ2v) is 7.96. The maximum atomic E-state index is 13.1. The zero-order chi connectivity index (χ0) is 17.7. The summed E-state index contributed by atoms with van der Waals surface area (Å²) in [5.41, 5.74) is 0.338. The van der Waals surface area contributed by atoms with E-state index >= 15 is 0 Å². The fourth-order valence-corrected chi connectivity index (χ4v) is 3.93. The zero-order valence-corrected chi connectivity index (χ0v) is 15.6. The second-order valence-electron chi connectivity index (χ2n) is 7.96. The molecule has 0 heterocycles. The summed E-state index contributed by atoms with van der Waals surface area (Å²) in [7, 11) is 0. The first kappa shape index (κ1) is 18.8. The topological polar surface area (TPSA) is 26.3 Å². The Labute approximate surface area is 147 Å². The van der Waals surface area contributed by atoms with Crippen LogP contribution in [-0.2, 0) is 14.9 Å². The van der Waals surface area contributed by atoms with Gasteiger partial charge in [-0.15, -0.1) is 6.58 Å². The molecule has 0 bridgehead atoms. The van der Waals surface area contributed by atoms with Crippen molar-refractivity contribution >= 4 is 5.97 Å². The summed E-state index contributed by atoms with van der Waals surface area (Å²) < 4.78 is 6.12. The van der Waals surface area contributed by atoms with Crippen molar-refractivity contribution in [2.24, 2.45) is 17.8 Å². The molecule has 0 radical (unpaired) electrons. The molecule has 1 aromatic carbocycles. The van der Waals surface area contributed by atoms with Crippen LogP contribution in [0.2, 0.25) is 0 Å². The van der Waals surface area contributed by atoms with E-state index < -0.39 is 5.41 Å². The van der Waals surface area contributed by atoms with Crippen LogP contribution in [0.25, 0.3) is 0 Å². The van der Waals surface area contributed by atoms with E-state index in [0.29, 0.717) is 24.2 Å². The number of carbonyl (C=O) groups is 1. The maximum Gasteiger partial charge on any atom is 0.316 e. The van der Waals surface area contributed by atoms with Gasteiger partial charge in [-0.1, -0.05) is 63.6 Å².